The highest BCUT2D eigenvalue weighted by molar-refractivity contribution is 6.15. The molecule has 1 aromatic carbocycles. The standard InChI is InChI=1S/C15H13N3O3/c1-17-7-6-10(8-14(17)20)15(21)18-9-13(19)16-11-4-2-3-5-12(11)18/h2-8H,9H2,1H3,(H,16,19). The summed E-state index contributed by atoms with van der Waals surface area (Å²) in [5, 5.41) is 2.72. The Morgan fingerprint density at radius 3 is 2.71 bits per heavy atom. The highest BCUT2D eigenvalue weighted by Crippen LogP contribution is 2.29. The lowest BCUT2D eigenvalue weighted by Crippen LogP contribution is -2.42. The van der Waals surface area contributed by atoms with Gasteiger partial charge in [0.15, 0.2) is 0 Å². The largest absolute Gasteiger partial charge is 0.323 e. The summed E-state index contributed by atoms with van der Waals surface area (Å²) >= 11 is 0. The van der Waals surface area contributed by atoms with Gasteiger partial charge in [-0.15, -0.1) is 0 Å². The molecule has 1 aromatic heterocycles. The van der Waals surface area contributed by atoms with Crippen molar-refractivity contribution in [3.8, 4) is 0 Å². The van der Waals surface area contributed by atoms with Gasteiger partial charge in [0, 0.05) is 24.9 Å². The number of hydrogen-bond donors (Lipinski definition) is 1. The van der Waals surface area contributed by atoms with E-state index in [1.165, 1.54) is 21.7 Å². The number of nitrogens with zero attached hydrogens (tertiary/aromatic N) is 2. The van der Waals surface area contributed by atoms with Crippen LogP contribution in [0.4, 0.5) is 11.4 Å². The smallest absolute Gasteiger partial charge is 0.259 e. The van der Waals surface area contributed by atoms with Crippen LogP contribution in [0.3, 0.4) is 0 Å². The Balaban J connectivity index is 2.03. The molecule has 0 unspecified atom stereocenters. The first-order valence-electron chi connectivity index (χ1n) is 6.44. The molecule has 6 nitrogen and oxygen atoms in total. The fraction of sp³-hybridized carbons (Fsp3) is 0.133. The molecule has 1 N–H and O–H groups in total. The average molecular weight is 283 g/mol. The maximum absolute atomic E-state index is 12.6. The van der Waals surface area contributed by atoms with Crippen LogP contribution in [-0.4, -0.2) is 22.9 Å². The molecule has 6 heteroatoms. The first-order valence-corrected chi connectivity index (χ1v) is 6.44. The zero-order valence-electron chi connectivity index (χ0n) is 11.4. The number of pyridine rings is 1. The number of anilines is 2. The second kappa shape index (κ2) is 4.90. The monoisotopic (exact) mass is 283 g/mol. The first kappa shape index (κ1) is 13.1. The van der Waals surface area contributed by atoms with Crippen LogP contribution in [0.2, 0.25) is 0 Å². The summed E-state index contributed by atoms with van der Waals surface area (Å²) in [5.41, 5.74) is 1.21. The normalized spacial score (nSPS) is 13.6. The minimum absolute atomic E-state index is 0.0644. The van der Waals surface area contributed by atoms with Gasteiger partial charge >= 0.3 is 0 Å². The van der Waals surface area contributed by atoms with Crippen molar-refractivity contribution in [2.45, 2.75) is 0 Å². The zero-order valence-corrected chi connectivity index (χ0v) is 11.4. The molecule has 0 bridgehead atoms. The number of fused-ring (bicyclic) bond motifs is 1. The Morgan fingerprint density at radius 1 is 1.19 bits per heavy atom. The van der Waals surface area contributed by atoms with Crippen LogP contribution in [0.25, 0.3) is 0 Å². The summed E-state index contributed by atoms with van der Waals surface area (Å²) in [6.45, 7) is -0.0644. The van der Waals surface area contributed by atoms with Gasteiger partial charge in [0.1, 0.15) is 6.54 Å². The topological polar surface area (TPSA) is 71.4 Å². The van der Waals surface area contributed by atoms with Gasteiger partial charge in [-0.3, -0.25) is 19.3 Å². The van der Waals surface area contributed by atoms with Crippen LogP contribution in [0.15, 0.2) is 47.4 Å². The van der Waals surface area contributed by atoms with E-state index in [2.05, 4.69) is 5.32 Å². The summed E-state index contributed by atoms with van der Waals surface area (Å²) in [6.07, 6.45) is 1.53. The van der Waals surface area contributed by atoms with Crippen LogP contribution in [-0.2, 0) is 11.8 Å². The number of para-hydroxylation sites is 2. The second-order valence-corrected chi connectivity index (χ2v) is 4.82. The molecule has 3 rings (SSSR count). The molecule has 0 aliphatic carbocycles. The van der Waals surface area contributed by atoms with E-state index in [-0.39, 0.29) is 29.5 Å². The highest BCUT2D eigenvalue weighted by atomic mass is 16.2. The second-order valence-electron chi connectivity index (χ2n) is 4.82. The van der Waals surface area contributed by atoms with E-state index in [1.807, 2.05) is 0 Å². The van der Waals surface area contributed by atoms with E-state index >= 15 is 0 Å². The van der Waals surface area contributed by atoms with Crippen molar-refractivity contribution < 1.29 is 9.59 Å². The lowest BCUT2D eigenvalue weighted by atomic mass is 10.1. The third-order valence-corrected chi connectivity index (χ3v) is 3.37. The lowest BCUT2D eigenvalue weighted by Gasteiger charge is -2.29. The molecule has 2 amide bonds. The molecule has 0 saturated heterocycles. The van der Waals surface area contributed by atoms with Gasteiger partial charge in [-0.1, -0.05) is 12.1 Å². The first-order chi connectivity index (χ1) is 10.1. The fourth-order valence-corrected chi connectivity index (χ4v) is 2.25. The summed E-state index contributed by atoms with van der Waals surface area (Å²) in [5.74, 6) is -0.624. The van der Waals surface area contributed by atoms with Crippen LogP contribution in [0, 0.1) is 0 Å². The molecule has 2 aromatic rings. The number of nitrogens with one attached hydrogen (secondary N) is 1. The predicted molar refractivity (Wildman–Crippen MR) is 78.4 cm³/mol. The molecule has 0 saturated carbocycles. The number of aromatic nitrogens is 1. The van der Waals surface area contributed by atoms with Crippen LogP contribution in [0.5, 0.6) is 0 Å². The minimum atomic E-state index is -0.366. The summed E-state index contributed by atoms with van der Waals surface area (Å²) < 4.78 is 1.38. The maximum atomic E-state index is 12.6. The fourth-order valence-electron chi connectivity index (χ4n) is 2.25. The van der Waals surface area contributed by atoms with Gasteiger partial charge in [-0.05, 0) is 18.2 Å². The molecule has 106 valence electrons. The predicted octanol–water partition coefficient (Wildman–Crippen LogP) is 0.984. The molecule has 1 aliphatic heterocycles. The SMILES string of the molecule is Cn1ccc(C(=O)N2CC(=O)Nc3ccccc32)cc1=O. The number of carbonyl (C=O) groups is 2. The molecular weight excluding hydrogens is 270 g/mol. The summed E-state index contributed by atoms with van der Waals surface area (Å²) in [7, 11) is 1.61. The number of benzene rings is 1. The van der Waals surface area contributed by atoms with Crippen molar-refractivity contribution in [1.29, 1.82) is 0 Å². The number of carbonyl (C=O) groups excluding carboxylic acids is 2. The van der Waals surface area contributed by atoms with Gasteiger partial charge < -0.3 is 9.88 Å². The van der Waals surface area contributed by atoms with Gasteiger partial charge in [-0.25, -0.2) is 0 Å². The van der Waals surface area contributed by atoms with Crippen molar-refractivity contribution in [3.05, 3.63) is 58.5 Å². The van der Waals surface area contributed by atoms with E-state index in [1.54, 1.807) is 37.4 Å². The summed E-state index contributed by atoms with van der Waals surface area (Å²) in [6, 6.07) is 9.91. The Bertz CT molecular complexity index is 795. The number of rotatable bonds is 1. The third kappa shape index (κ3) is 2.31. The molecular formula is C15H13N3O3. The van der Waals surface area contributed by atoms with Gasteiger partial charge in [-0.2, -0.15) is 0 Å². The lowest BCUT2D eigenvalue weighted by molar-refractivity contribution is -0.115. The third-order valence-electron chi connectivity index (χ3n) is 3.37. The summed E-state index contributed by atoms with van der Waals surface area (Å²) in [4.78, 5) is 37.3. The van der Waals surface area contributed by atoms with Gasteiger partial charge in [0.2, 0.25) is 5.91 Å². The van der Waals surface area contributed by atoms with Crippen molar-refractivity contribution in [2.75, 3.05) is 16.8 Å². The van der Waals surface area contributed by atoms with E-state index in [9.17, 15) is 14.4 Å². The Labute approximate surface area is 120 Å². The average Bonchev–Trinajstić information content (AvgIpc) is 2.48. The van der Waals surface area contributed by atoms with Crippen molar-refractivity contribution >= 4 is 23.2 Å². The van der Waals surface area contributed by atoms with Crippen LogP contribution in [0.1, 0.15) is 10.4 Å². The van der Waals surface area contributed by atoms with Gasteiger partial charge in [0.05, 0.1) is 11.4 Å². The molecule has 0 atom stereocenters. The van der Waals surface area contributed by atoms with Crippen molar-refractivity contribution in [3.63, 3.8) is 0 Å². The zero-order chi connectivity index (χ0) is 15.0. The number of hydrogen-bond acceptors (Lipinski definition) is 3. The van der Waals surface area contributed by atoms with Crippen LogP contribution < -0.4 is 15.8 Å². The molecule has 21 heavy (non-hydrogen) atoms. The highest BCUT2D eigenvalue weighted by Gasteiger charge is 2.27. The molecule has 0 spiro atoms. The Morgan fingerprint density at radius 2 is 1.95 bits per heavy atom. The molecule has 0 radical (unpaired) electrons. The van der Waals surface area contributed by atoms with Crippen molar-refractivity contribution in [1.82, 2.24) is 4.57 Å². The van der Waals surface area contributed by atoms with E-state index < -0.39 is 0 Å². The molecule has 1 aliphatic rings. The van der Waals surface area contributed by atoms with Crippen LogP contribution >= 0.6 is 0 Å². The van der Waals surface area contributed by atoms with E-state index in [0.717, 1.165) is 0 Å². The van der Waals surface area contributed by atoms with E-state index in [4.69, 9.17) is 0 Å². The Hall–Kier alpha value is -2.89. The quantitative estimate of drug-likeness (QED) is 0.848. The minimum Gasteiger partial charge on any atom is -0.323 e. The van der Waals surface area contributed by atoms with E-state index in [0.29, 0.717) is 11.4 Å². The Kier molecular flexibility index (Phi) is 3.06. The maximum Gasteiger partial charge on any atom is 0.259 e. The molecule has 2 heterocycles. The van der Waals surface area contributed by atoms with Crippen molar-refractivity contribution in [2.24, 2.45) is 7.05 Å². The number of aryl methyl sites for hydroxylation is 1. The molecule has 0 fully saturated rings. The number of amides is 2. The van der Waals surface area contributed by atoms with Gasteiger partial charge in [0.25, 0.3) is 11.5 Å².